The van der Waals surface area contributed by atoms with Gasteiger partial charge < -0.3 is 15.8 Å². The van der Waals surface area contributed by atoms with E-state index in [1.807, 2.05) is 6.07 Å². The van der Waals surface area contributed by atoms with E-state index in [0.29, 0.717) is 16.8 Å². The van der Waals surface area contributed by atoms with Crippen LogP contribution in [0, 0.1) is 0 Å². The number of nitrogen functional groups attached to an aromatic ring is 1. The third kappa shape index (κ3) is 2.87. The summed E-state index contributed by atoms with van der Waals surface area (Å²) in [6.45, 7) is 0.293. The smallest absolute Gasteiger partial charge is 0.332 e. The summed E-state index contributed by atoms with van der Waals surface area (Å²) >= 11 is 0. The van der Waals surface area contributed by atoms with E-state index in [2.05, 4.69) is 5.32 Å². The molecule has 25 heavy (non-hydrogen) atoms. The summed E-state index contributed by atoms with van der Waals surface area (Å²) in [5.74, 6) is -0.181. The largest absolute Gasteiger partial charge is 0.383 e. The number of hydrogen-bond donors (Lipinski definition) is 2. The van der Waals surface area contributed by atoms with Gasteiger partial charge in [0, 0.05) is 25.2 Å². The van der Waals surface area contributed by atoms with Crippen molar-refractivity contribution in [2.24, 2.45) is 14.1 Å². The molecule has 0 saturated carbocycles. The summed E-state index contributed by atoms with van der Waals surface area (Å²) in [5.41, 5.74) is 6.29. The zero-order valence-electron chi connectivity index (χ0n) is 13.9. The minimum absolute atomic E-state index is 0.000917. The molecule has 3 rings (SSSR count). The van der Waals surface area contributed by atoms with Crippen LogP contribution in [-0.2, 0) is 18.8 Å². The molecule has 8 nitrogen and oxygen atoms in total. The van der Waals surface area contributed by atoms with E-state index >= 15 is 0 Å². The Kier molecular flexibility index (Phi) is 4.28. The van der Waals surface area contributed by atoms with Crippen molar-refractivity contribution in [3.05, 3.63) is 68.0 Å². The number of nitrogens with zero attached hydrogens (tertiary/aromatic N) is 2. The van der Waals surface area contributed by atoms with Crippen LogP contribution >= 0.6 is 0 Å². The summed E-state index contributed by atoms with van der Waals surface area (Å²) in [6.07, 6.45) is 0. The summed E-state index contributed by atoms with van der Waals surface area (Å²) in [6, 6.07) is 8.80. The average molecular weight is 342 g/mol. The number of Topliss-reactive ketones (excluding diaryl/α,β-unsaturated/α-hetero) is 1. The Bertz CT molecular complexity index is 986. The molecule has 0 aliphatic carbocycles. The van der Waals surface area contributed by atoms with Gasteiger partial charge in [-0.1, -0.05) is 30.3 Å². The van der Waals surface area contributed by atoms with Crippen molar-refractivity contribution in [2.75, 3.05) is 24.3 Å². The lowest BCUT2D eigenvalue weighted by molar-refractivity contribution is 0.101. The first-order valence-electron chi connectivity index (χ1n) is 7.64. The maximum absolute atomic E-state index is 12.7. The molecule has 0 unspecified atom stereocenters. The number of carbonyl (C=O) groups is 1. The molecule has 2 aromatic rings. The summed E-state index contributed by atoms with van der Waals surface area (Å²) < 4.78 is 7.49. The maximum atomic E-state index is 12.7. The molecular formula is C17H18N4O4. The topological polar surface area (TPSA) is 108 Å². The second-order valence-electron chi connectivity index (χ2n) is 5.74. The van der Waals surface area contributed by atoms with Crippen LogP contribution in [0.15, 0.2) is 51.2 Å². The lowest BCUT2D eigenvalue weighted by Gasteiger charge is -2.14. The van der Waals surface area contributed by atoms with Gasteiger partial charge in [0.15, 0.2) is 5.78 Å². The quantitative estimate of drug-likeness (QED) is 0.771. The van der Waals surface area contributed by atoms with Crippen molar-refractivity contribution in [1.29, 1.82) is 0 Å². The highest BCUT2D eigenvalue weighted by Gasteiger charge is 2.25. The SMILES string of the molecule is Cn1c(N)c(NC2=C(C(=O)c3ccccc3)COC2)c(=O)n(C)c1=O. The van der Waals surface area contributed by atoms with E-state index in [9.17, 15) is 14.4 Å². The second-order valence-corrected chi connectivity index (χ2v) is 5.74. The van der Waals surface area contributed by atoms with Gasteiger partial charge in [-0.25, -0.2) is 4.79 Å². The van der Waals surface area contributed by atoms with E-state index in [4.69, 9.17) is 10.5 Å². The molecule has 8 heteroatoms. The molecule has 0 spiro atoms. The van der Waals surface area contributed by atoms with Crippen LogP contribution in [0.3, 0.4) is 0 Å². The van der Waals surface area contributed by atoms with Crippen LogP contribution in [0.25, 0.3) is 0 Å². The molecule has 0 amide bonds. The Hall–Kier alpha value is -3.13. The van der Waals surface area contributed by atoms with E-state index in [1.165, 1.54) is 18.7 Å². The predicted octanol–water partition coefficient (Wildman–Crippen LogP) is 0.245. The van der Waals surface area contributed by atoms with Gasteiger partial charge in [0.25, 0.3) is 5.56 Å². The highest BCUT2D eigenvalue weighted by Crippen LogP contribution is 2.22. The van der Waals surface area contributed by atoms with Crippen molar-refractivity contribution in [3.8, 4) is 0 Å². The normalized spacial score (nSPS) is 14.0. The Morgan fingerprint density at radius 2 is 1.80 bits per heavy atom. The number of ether oxygens (including phenoxy) is 1. The molecule has 130 valence electrons. The van der Waals surface area contributed by atoms with Crippen LogP contribution < -0.4 is 22.3 Å². The minimum Gasteiger partial charge on any atom is -0.383 e. The molecular weight excluding hydrogens is 324 g/mol. The molecule has 0 atom stereocenters. The Morgan fingerprint density at radius 3 is 2.48 bits per heavy atom. The van der Waals surface area contributed by atoms with Crippen molar-refractivity contribution in [3.63, 3.8) is 0 Å². The third-order valence-corrected chi connectivity index (χ3v) is 4.15. The molecule has 2 heterocycles. The lowest BCUT2D eigenvalue weighted by atomic mass is 10.0. The number of rotatable bonds is 4. The molecule has 1 aliphatic rings. The van der Waals surface area contributed by atoms with Gasteiger partial charge in [0.2, 0.25) is 0 Å². The monoisotopic (exact) mass is 342 g/mol. The number of benzene rings is 1. The van der Waals surface area contributed by atoms with Crippen LogP contribution in [0.5, 0.6) is 0 Å². The molecule has 0 fully saturated rings. The predicted molar refractivity (Wildman–Crippen MR) is 93.6 cm³/mol. The molecule has 0 saturated heterocycles. The number of ketones is 1. The maximum Gasteiger partial charge on any atom is 0.332 e. The van der Waals surface area contributed by atoms with E-state index in [-0.39, 0.29) is 30.5 Å². The second kappa shape index (κ2) is 6.40. The Balaban J connectivity index is 2.04. The van der Waals surface area contributed by atoms with Crippen LogP contribution in [-0.4, -0.2) is 28.1 Å². The summed E-state index contributed by atoms with van der Waals surface area (Å²) in [5, 5.41) is 2.90. The molecule has 3 N–H and O–H groups in total. The number of nitrogens with two attached hydrogens (primary N) is 1. The fourth-order valence-electron chi connectivity index (χ4n) is 2.64. The summed E-state index contributed by atoms with van der Waals surface area (Å²) in [7, 11) is 2.84. The number of anilines is 2. The van der Waals surface area contributed by atoms with E-state index in [1.54, 1.807) is 24.3 Å². The first-order valence-corrected chi connectivity index (χ1v) is 7.64. The highest BCUT2D eigenvalue weighted by atomic mass is 16.5. The van der Waals surface area contributed by atoms with Crippen LogP contribution in [0.1, 0.15) is 10.4 Å². The fourth-order valence-corrected chi connectivity index (χ4v) is 2.64. The third-order valence-electron chi connectivity index (χ3n) is 4.15. The first-order chi connectivity index (χ1) is 11.9. The van der Waals surface area contributed by atoms with Crippen molar-refractivity contribution >= 4 is 17.3 Å². The molecule has 0 bridgehead atoms. The summed E-state index contributed by atoms with van der Waals surface area (Å²) in [4.78, 5) is 36.9. The first kappa shape index (κ1) is 16.7. The average Bonchev–Trinajstić information content (AvgIpc) is 3.10. The highest BCUT2D eigenvalue weighted by molar-refractivity contribution is 6.10. The lowest BCUT2D eigenvalue weighted by Crippen LogP contribution is -2.39. The van der Waals surface area contributed by atoms with Crippen molar-refractivity contribution < 1.29 is 9.53 Å². The Labute approximate surface area is 143 Å². The van der Waals surface area contributed by atoms with E-state index < -0.39 is 11.2 Å². The van der Waals surface area contributed by atoms with Gasteiger partial charge in [0.05, 0.1) is 18.9 Å². The molecule has 1 aromatic heterocycles. The number of carbonyl (C=O) groups excluding carboxylic acids is 1. The van der Waals surface area contributed by atoms with Crippen molar-refractivity contribution in [2.45, 2.75) is 0 Å². The zero-order chi connectivity index (χ0) is 18.1. The molecule has 0 radical (unpaired) electrons. The number of aromatic nitrogens is 2. The van der Waals surface area contributed by atoms with Gasteiger partial charge in [-0.2, -0.15) is 0 Å². The van der Waals surface area contributed by atoms with Gasteiger partial charge >= 0.3 is 5.69 Å². The fraction of sp³-hybridized carbons (Fsp3) is 0.235. The van der Waals surface area contributed by atoms with E-state index in [0.717, 1.165) is 4.57 Å². The minimum atomic E-state index is -0.563. The van der Waals surface area contributed by atoms with Crippen LogP contribution in [0.2, 0.25) is 0 Å². The van der Waals surface area contributed by atoms with Gasteiger partial charge in [-0.05, 0) is 0 Å². The van der Waals surface area contributed by atoms with Gasteiger partial charge in [-0.15, -0.1) is 0 Å². The molecule has 1 aromatic carbocycles. The van der Waals surface area contributed by atoms with Crippen LogP contribution in [0.4, 0.5) is 11.5 Å². The number of nitrogens with one attached hydrogen (secondary N) is 1. The van der Waals surface area contributed by atoms with Gasteiger partial charge in [-0.3, -0.25) is 18.7 Å². The molecule has 1 aliphatic heterocycles. The standard InChI is InChI=1S/C17H18N4O4/c1-20-15(18)13(16(23)21(2)17(20)24)19-12-9-25-8-11(12)14(22)10-6-4-3-5-7-10/h3-7,19H,8-9,18H2,1-2H3. The zero-order valence-corrected chi connectivity index (χ0v) is 13.9. The van der Waals surface area contributed by atoms with Gasteiger partial charge in [0.1, 0.15) is 11.5 Å². The number of hydrogen-bond acceptors (Lipinski definition) is 6. The Morgan fingerprint density at radius 1 is 1.12 bits per heavy atom. The van der Waals surface area contributed by atoms with Crippen molar-refractivity contribution in [1.82, 2.24) is 9.13 Å².